The Labute approximate surface area is 174 Å². The van der Waals surface area contributed by atoms with E-state index < -0.39 is 5.91 Å². The normalized spacial score (nSPS) is 13.4. The van der Waals surface area contributed by atoms with Gasteiger partial charge in [-0.25, -0.2) is 0 Å². The Bertz CT molecular complexity index is 903. The third kappa shape index (κ3) is 5.42. The molecule has 0 unspecified atom stereocenters. The van der Waals surface area contributed by atoms with Crippen molar-refractivity contribution < 1.29 is 19.1 Å². The number of carbonyl (C=O) groups excluding carboxylic acids is 2. The van der Waals surface area contributed by atoms with Gasteiger partial charge in [0.15, 0.2) is 11.5 Å². The Kier molecular flexibility index (Phi) is 7.00. The second-order valence-electron chi connectivity index (χ2n) is 6.74. The van der Waals surface area contributed by atoms with E-state index in [1.54, 1.807) is 14.2 Å². The summed E-state index contributed by atoms with van der Waals surface area (Å²) in [6.07, 6.45) is 0.841. The predicted octanol–water partition coefficient (Wildman–Crippen LogP) is 2.28. The van der Waals surface area contributed by atoms with Gasteiger partial charge in [-0.1, -0.05) is 12.1 Å². The molecule has 2 aromatic rings. The number of fused-ring (bicyclic) bond motifs is 1. The Morgan fingerprint density at radius 2 is 1.83 bits per heavy atom. The summed E-state index contributed by atoms with van der Waals surface area (Å²) in [5.74, 6) is 1.10. The van der Waals surface area contributed by atoms with Crippen LogP contribution in [0.5, 0.6) is 11.5 Å². The number of benzene rings is 2. The van der Waals surface area contributed by atoms with Crippen molar-refractivity contribution in [3.8, 4) is 11.5 Å². The average Bonchev–Trinajstić information content (AvgIpc) is 2.71. The Morgan fingerprint density at radius 3 is 2.52 bits per heavy atom. The molecule has 8 heteroatoms. The molecule has 3 rings (SSSR count). The fraction of sp³-hybridized carbons (Fsp3) is 0.333. The van der Waals surface area contributed by atoms with Gasteiger partial charge in [-0.2, -0.15) is 0 Å². The number of ether oxygens (including phenoxy) is 2. The zero-order valence-corrected chi connectivity index (χ0v) is 17.4. The van der Waals surface area contributed by atoms with Crippen LogP contribution < -0.4 is 20.5 Å². The minimum absolute atomic E-state index is 0.0962. The number of nitrogens with two attached hydrogens (primary N) is 1. The van der Waals surface area contributed by atoms with Gasteiger partial charge in [0.2, 0.25) is 11.8 Å². The van der Waals surface area contributed by atoms with E-state index in [1.807, 2.05) is 36.4 Å². The molecule has 1 heterocycles. The Hall–Kier alpha value is -2.71. The van der Waals surface area contributed by atoms with Crippen LogP contribution in [0.25, 0.3) is 0 Å². The van der Waals surface area contributed by atoms with Crippen LogP contribution >= 0.6 is 11.8 Å². The summed E-state index contributed by atoms with van der Waals surface area (Å²) in [7, 11) is 3.25. The van der Waals surface area contributed by atoms with Crippen molar-refractivity contribution in [1.82, 2.24) is 4.90 Å². The van der Waals surface area contributed by atoms with Crippen LogP contribution in [0.15, 0.2) is 41.3 Å². The highest BCUT2D eigenvalue weighted by Gasteiger charge is 2.21. The van der Waals surface area contributed by atoms with Crippen molar-refractivity contribution in [2.75, 3.05) is 38.4 Å². The van der Waals surface area contributed by atoms with Gasteiger partial charge in [0, 0.05) is 18.0 Å². The summed E-state index contributed by atoms with van der Waals surface area (Å²) < 4.78 is 10.8. The summed E-state index contributed by atoms with van der Waals surface area (Å²) in [6.45, 7) is 1.73. The average molecular weight is 416 g/mol. The van der Waals surface area contributed by atoms with Crippen molar-refractivity contribution >= 4 is 29.3 Å². The lowest BCUT2D eigenvalue weighted by atomic mass is 9.99. The molecular formula is C21H25N3O4S. The van der Waals surface area contributed by atoms with Gasteiger partial charge in [-0.05, 0) is 41.8 Å². The molecule has 0 bridgehead atoms. The summed E-state index contributed by atoms with van der Waals surface area (Å²) in [5, 5.41) is 2.95. The fourth-order valence-electron chi connectivity index (χ4n) is 3.31. The van der Waals surface area contributed by atoms with Crippen LogP contribution in [0.1, 0.15) is 11.1 Å². The highest BCUT2D eigenvalue weighted by atomic mass is 32.2. The van der Waals surface area contributed by atoms with Gasteiger partial charge in [0.05, 0.1) is 32.2 Å². The molecule has 29 heavy (non-hydrogen) atoms. The van der Waals surface area contributed by atoms with E-state index in [4.69, 9.17) is 15.2 Å². The predicted molar refractivity (Wildman–Crippen MR) is 114 cm³/mol. The van der Waals surface area contributed by atoms with E-state index in [0.29, 0.717) is 18.0 Å². The summed E-state index contributed by atoms with van der Waals surface area (Å²) >= 11 is 1.31. The number of rotatable bonds is 8. The summed E-state index contributed by atoms with van der Waals surface area (Å²) in [6, 6.07) is 11.4. The largest absolute Gasteiger partial charge is 0.493 e. The fourth-order valence-corrected chi connectivity index (χ4v) is 4.06. The summed E-state index contributed by atoms with van der Waals surface area (Å²) in [4.78, 5) is 26.6. The van der Waals surface area contributed by atoms with Crippen molar-refractivity contribution in [3.05, 3.63) is 47.5 Å². The first-order chi connectivity index (χ1) is 14.0. The molecule has 7 nitrogen and oxygen atoms in total. The van der Waals surface area contributed by atoms with Gasteiger partial charge in [-0.3, -0.25) is 14.5 Å². The van der Waals surface area contributed by atoms with Gasteiger partial charge >= 0.3 is 0 Å². The molecule has 0 fully saturated rings. The van der Waals surface area contributed by atoms with Crippen LogP contribution in [0.4, 0.5) is 5.69 Å². The van der Waals surface area contributed by atoms with E-state index in [9.17, 15) is 9.59 Å². The van der Waals surface area contributed by atoms with Crippen molar-refractivity contribution in [2.45, 2.75) is 17.9 Å². The minimum atomic E-state index is -0.393. The van der Waals surface area contributed by atoms with Crippen LogP contribution in [0, 0.1) is 0 Å². The first-order valence-electron chi connectivity index (χ1n) is 9.26. The van der Waals surface area contributed by atoms with Gasteiger partial charge in [-0.15, -0.1) is 11.8 Å². The lowest BCUT2D eigenvalue weighted by molar-refractivity contribution is -0.117. The standard InChI is InChI=1S/C21H25N3O4S/c1-27-17-9-14-7-8-24(11-15(14)10-18(17)28-2)12-21(26)23-16-5-3-4-6-19(16)29-13-20(22)25/h3-6,9-10H,7-8,11-13H2,1-2H3,(H2,22,25)(H,23,26). The third-order valence-corrected chi connectivity index (χ3v) is 5.79. The number of carbonyl (C=O) groups is 2. The Morgan fingerprint density at radius 1 is 1.14 bits per heavy atom. The number of amides is 2. The topological polar surface area (TPSA) is 93.9 Å². The third-order valence-electron chi connectivity index (χ3n) is 4.70. The number of hydrogen-bond acceptors (Lipinski definition) is 6. The molecule has 0 aromatic heterocycles. The highest BCUT2D eigenvalue weighted by Crippen LogP contribution is 2.33. The van der Waals surface area contributed by atoms with Gasteiger partial charge < -0.3 is 20.5 Å². The molecule has 0 spiro atoms. The molecule has 0 saturated heterocycles. The first-order valence-corrected chi connectivity index (χ1v) is 10.2. The highest BCUT2D eigenvalue weighted by molar-refractivity contribution is 8.00. The van der Waals surface area contributed by atoms with E-state index in [1.165, 1.54) is 17.3 Å². The van der Waals surface area contributed by atoms with Gasteiger partial charge in [0.1, 0.15) is 0 Å². The lowest BCUT2D eigenvalue weighted by Gasteiger charge is -2.29. The summed E-state index contributed by atoms with van der Waals surface area (Å²) in [5.41, 5.74) is 8.26. The maximum atomic E-state index is 12.6. The number of thioether (sulfide) groups is 1. The monoisotopic (exact) mass is 415 g/mol. The maximum absolute atomic E-state index is 12.6. The molecule has 2 amide bonds. The number of para-hydroxylation sites is 1. The second-order valence-corrected chi connectivity index (χ2v) is 7.75. The Balaban J connectivity index is 1.63. The van der Waals surface area contributed by atoms with E-state index in [-0.39, 0.29) is 18.2 Å². The number of hydrogen-bond donors (Lipinski definition) is 2. The zero-order chi connectivity index (χ0) is 20.8. The van der Waals surface area contributed by atoms with Crippen LogP contribution in [-0.2, 0) is 22.6 Å². The smallest absolute Gasteiger partial charge is 0.238 e. The van der Waals surface area contributed by atoms with E-state index in [2.05, 4.69) is 10.2 Å². The second kappa shape index (κ2) is 9.67. The van der Waals surface area contributed by atoms with Crippen molar-refractivity contribution in [1.29, 1.82) is 0 Å². The zero-order valence-electron chi connectivity index (χ0n) is 16.6. The SMILES string of the molecule is COc1cc2c(cc1OC)CN(CC(=O)Nc1ccccc1SCC(N)=O)CC2. The number of primary amides is 1. The van der Waals surface area contributed by atoms with Crippen LogP contribution in [-0.4, -0.2) is 49.8 Å². The minimum Gasteiger partial charge on any atom is -0.493 e. The molecule has 2 aromatic carbocycles. The molecule has 1 aliphatic rings. The van der Waals surface area contributed by atoms with Crippen LogP contribution in [0.3, 0.4) is 0 Å². The van der Waals surface area contributed by atoms with Crippen molar-refractivity contribution in [3.63, 3.8) is 0 Å². The molecular weight excluding hydrogens is 390 g/mol. The van der Waals surface area contributed by atoms with Gasteiger partial charge in [0.25, 0.3) is 0 Å². The molecule has 0 aliphatic carbocycles. The first kappa shape index (κ1) is 21.0. The van der Waals surface area contributed by atoms with Crippen molar-refractivity contribution in [2.24, 2.45) is 5.73 Å². The molecule has 154 valence electrons. The number of methoxy groups -OCH3 is 2. The number of nitrogens with zero attached hydrogens (tertiary/aromatic N) is 1. The number of anilines is 1. The molecule has 3 N–H and O–H groups in total. The maximum Gasteiger partial charge on any atom is 0.238 e. The van der Waals surface area contributed by atoms with Crippen LogP contribution in [0.2, 0.25) is 0 Å². The molecule has 1 aliphatic heterocycles. The lowest BCUT2D eigenvalue weighted by Crippen LogP contribution is -2.37. The molecule has 0 saturated carbocycles. The van der Waals surface area contributed by atoms with E-state index in [0.717, 1.165) is 29.2 Å². The van der Waals surface area contributed by atoms with E-state index >= 15 is 0 Å². The number of nitrogens with one attached hydrogen (secondary N) is 1. The quantitative estimate of drug-likeness (QED) is 0.643. The molecule has 0 atom stereocenters. The molecule has 0 radical (unpaired) electrons.